The Labute approximate surface area is 105 Å². The lowest BCUT2D eigenvalue weighted by Gasteiger charge is -2.03. The Kier molecular flexibility index (Phi) is 3.45. The van der Waals surface area contributed by atoms with Gasteiger partial charge in [-0.25, -0.2) is 0 Å². The normalized spacial score (nSPS) is 10.2. The van der Waals surface area contributed by atoms with E-state index in [0.717, 1.165) is 0 Å². The van der Waals surface area contributed by atoms with Gasteiger partial charge in [0.15, 0.2) is 16.1 Å². The monoisotopic (exact) mass is 273 g/mol. The molecule has 17 heavy (non-hydrogen) atoms. The summed E-state index contributed by atoms with van der Waals surface area (Å²) in [5, 5.41) is 22.6. The molecular formula is C7H5Cl2N7O. The number of hydrogen-bond donors (Lipinski definition) is 2. The minimum Gasteiger partial charge on any atom is -0.344 e. The first kappa shape index (κ1) is 11.7. The van der Waals surface area contributed by atoms with E-state index in [-0.39, 0.29) is 22.4 Å². The molecule has 1 amide bonds. The number of aromatic nitrogens is 6. The van der Waals surface area contributed by atoms with Crippen LogP contribution >= 0.6 is 23.2 Å². The zero-order chi connectivity index (χ0) is 12.3. The number of aromatic amines is 1. The number of amides is 1. The van der Waals surface area contributed by atoms with Crippen molar-refractivity contribution >= 4 is 29.1 Å². The molecular weight excluding hydrogens is 269 g/mol. The number of carbonyl (C=O) groups is 1. The summed E-state index contributed by atoms with van der Waals surface area (Å²) in [7, 11) is 0. The molecule has 0 atom stereocenters. The molecule has 0 aliphatic carbocycles. The molecule has 0 spiro atoms. The highest BCUT2D eigenvalue weighted by atomic mass is 35.5. The average Bonchev–Trinajstić information content (AvgIpc) is 2.82. The Morgan fingerprint density at radius 1 is 1.35 bits per heavy atom. The van der Waals surface area contributed by atoms with Gasteiger partial charge in [-0.15, -0.1) is 20.4 Å². The van der Waals surface area contributed by atoms with Gasteiger partial charge >= 0.3 is 0 Å². The molecule has 2 heterocycles. The predicted octanol–water partition coefficient (Wildman–Crippen LogP) is 0.226. The van der Waals surface area contributed by atoms with Crippen LogP contribution in [0.3, 0.4) is 0 Å². The van der Waals surface area contributed by atoms with Crippen LogP contribution < -0.4 is 5.32 Å². The summed E-state index contributed by atoms with van der Waals surface area (Å²) >= 11 is 11.3. The van der Waals surface area contributed by atoms with Crippen LogP contribution in [0.2, 0.25) is 10.3 Å². The second kappa shape index (κ2) is 5.02. The molecule has 0 aromatic carbocycles. The molecule has 0 bridgehead atoms. The van der Waals surface area contributed by atoms with E-state index < -0.39 is 5.91 Å². The number of carbonyl (C=O) groups excluding carboxylic acids is 1. The van der Waals surface area contributed by atoms with Gasteiger partial charge in [0, 0.05) is 0 Å². The highest BCUT2D eigenvalue weighted by molar-refractivity contribution is 6.34. The molecule has 2 aromatic rings. The SMILES string of the molecule is O=C(NCc1nn[nH]n1)c1cc(Cl)nnc1Cl. The first-order valence-electron chi connectivity index (χ1n) is 4.36. The van der Waals surface area contributed by atoms with E-state index in [4.69, 9.17) is 23.2 Å². The van der Waals surface area contributed by atoms with Crippen LogP contribution in [0.4, 0.5) is 0 Å². The number of rotatable bonds is 3. The van der Waals surface area contributed by atoms with Gasteiger partial charge in [-0.05, 0) is 6.07 Å². The molecule has 0 unspecified atom stereocenters. The summed E-state index contributed by atoms with van der Waals surface area (Å²) < 4.78 is 0. The maximum absolute atomic E-state index is 11.7. The summed E-state index contributed by atoms with van der Waals surface area (Å²) in [5.74, 6) is -0.0980. The zero-order valence-corrected chi connectivity index (χ0v) is 9.70. The van der Waals surface area contributed by atoms with E-state index >= 15 is 0 Å². The molecule has 88 valence electrons. The average molecular weight is 274 g/mol. The lowest BCUT2D eigenvalue weighted by atomic mass is 10.3. The number of H-pyrrole nitrogens is 1. The van der Waals surface area contributed by atoms with Gasteiger partial charge in [-0.3, -0.25) is 4.79 Å². The van der Waals surface area contributed by atoms with Crippen LogP contribution in [0.1, 0.15) is 16.2 Å². The largest absolute Gasteiger partial charge is 0.344 e. The maximum atomic E-state index is 11.7. The number of hydrogen-bond acceptors (Lipinski definition) is 6. The van der Waals surface area contributed by atoms with Crippen LogP contribution in [0, 0.1) is 0 Å². The van der Waals surface area contributed by atoms with E-state index in [1.165, 1.54) is 6.07 Å². The van der Waals surface area contributed by atoms with E-state index in [0.29, 0.717) is 5.82 Å². The molecule has 0 fully saturated rings. The predicted molar refractivity (Wildman–Crippen MR) is 57.4 cm³/mol. The zero-order valence-electron chi connectivity index (χ0n) is 8.18. The summed E-state index contributed by atoms with van der Waals surface area (Å²) in [6, 6.07) is 1.32. The Morgan fingerprint density at radius 3 is 2.88 bits per heavy atom. The van der Waals surface area contributed by atoms with Gasteiger partial charge in [0.1, 0.15) is 0 Å². The molecule has 2 N–H and O–H groups in total. The third-order valence-electron chi connectivity index (χ3n) is 1.76. The highest BCUT2D eigenvalue weighted by Gasteiger charge is 2.13. The second-order valence-electron chi connectivity index (χ2n) is 2.88. The van der Waals surface area contributed by atoms with E-state index in [9.17, 15) is 4.79 Å². The van der Waals surface area contributed by atoms with Gasteiger partial charge in [-0.2, -0.15) is 5.21 Å². The fourth-order valence-electron chi connectivity index (χ4n) is 1.02. The van der Waals surface area contributed by atoms with Gasteiger partial charge < -0.3 is 5.32 Å². The minimum atomic E-state index is -0.448. The smallest absolute Gasteiger partial charge is 0.254 e. The molecule has 0 aliphatic rings. The van der Waals surface area contributed by atoms with Crippen molar-refractivity contribution in [3.8, 4) is 0 Å². The second-order valence-corrected chi connectivity index (χ2v) is 3.63. The van der Waals surface area contributed by atoms with E-state index in [1.54, 1.807) is 0 Å². The Morgan fingerprint density at radius 2 is 2.18 bits per heavy atom. The van der Waals surface area contributed by atoms with Gasteiger partial charge in [0.2, 0.25) is 0 Å². The summed E-state index contributed by atoms with van der Waals surface area (Å²) in [5.41, 5.74) is 0.134. The highest BCUT2D eigenvalue weighted by Crippen LogP contribution is 2.14. The quantitative estimate of drug-likeness (QED) is 0.828. The maximum Gasteiger partial charge on any atom is 0.254 e. The lowest BCUT2D eigenvalue weighted by molar-refractivity contribution is 0.0949. The topological polar surface area (TPSA) is 109 Å². The molecule has 2 rings (SSSR count). The minimum absolute atomic E-state index is 0.0278. The standard InChI is InChI=1S/C7H5Cl2N7O/c8-4-1-3(6(9)14-11-4)7(17)10-2-5-12-15-16-13-5/h1H,2H2,(H,10,17)(H,12,13,15,16). The molecule has 0 saturated carbocycles. The van der Waals surface area contributed by atoms with Crippen molar-refractivity contribution in [2.45, 2.75) is 6.54 Å². The van der Waals surface area contributed by atoms with Gasteiger partial charge in [0.25, 0.3) is 5.91 Å². The third kappa shape index (κ3) is 2.86. The van der Waals surface area contributed by atoms with Crippen molar-refractivity contribution in [2.75, 3.05) is 0 Å². The van der Waals surface area contributed by atoms with Crippen molar-refractivity contribution in [1.82, 2.24) is 36.1 Å². The van der Waals surface area contributed by atoms with Crippen molar-refractivity contribution < 1.29 is 4.79 Å². The van der Waals surface area contributed by atoms with Gasteiger partial charge in [-0.1, -0.05) is 28.4 Å². The molecule has 8 nitrogen and oxygen atoms in total. The Balaban J connectivity index is 2.07. The molecule has 0 radical (unpaired) electrons. The number of tetrazole rings is 1. The van der Waals surface area contributed by atoms with Crippen LogP contribution in [-0.2, 0) is 6.54 Å². The van der Waals surface area contributed by atoms with E-state index in [2.05, 4.69) is 36.1 Å². The fourth-order valence-corrected chi connectivity index (χ4v) is 1.35. The van der Waals surface area contributed by atoms with Gasteiger partial charge in [0.05, 0.1) is 12.1 Å². The molecule has 10 heteroatoms. The first-order valence-corrected chi connectivity index (χ1v) is 5.11. The summed E-state index contributed by atoms with van der Waals surface area (Å²) in [6.07, 6.45) is 0. The van der Waals surface area contributed by atoms with Crippen molar-refractivity contribution in [3.05, 3.63) is 27.8 Å². The summed E-state index contributed by atoms with van der Waals surface area (Å²) in [6.45, 7) is 0.117. The van der Waals surface area contributed by atoms with Crippen molar-refractivity contribution in [1.29, 1.82) is 0 Å². The van der Waals surface area contributed by atoms with Crippen LogP contribution in [0.15, 0.2) is 6.07 Å². The molecule has 2 aromatic heterocycles. The van der Waals surface area contributed by atoms with Crippen LogP contribution in [0.5, 0.6) is 0 Å². The first-order chi connectivity index (χ1) is 8.16. The lowest BCUT2D eigenvalue weighted by Crippen LogP contribution is -2.24. The molecule has 0 aliphatic heterocycles. The third-order valence-corrected chi connectivity index (χ3v) is 2.22. The van der Waals surface area contributed by atoms with Crippen LogP contribution in [-0.4, -0.2) is 36.7 Å². The van der Waals surface area contributed by atoms with Crippen molar-refractivity contribution in [2.24, 2.45) is 0 Å². The fraction of sp³-hybridized carbons (Fsp3) is 0.143. The Bertz CT molecular complexity index is 529. The summed E-state index contributed by atoms with van der Waals surface area (Å²) in [4.78, 5) is 11.7. The number of nitrogens with zero attached hydrogens (tertiary/aromatic N) is 5. The molecule has 0 saturated heterocycles. The number of nitrogens with one attached hydrogen (secondary N) is 2. The Hall–Kier alpha value is -1.80. The van der Waals surface area contributed by atoms with E-state index in [1.807, 2.05) is 0 Å². The number of halogens is 2. The van der Waals surface area contributed by atoms with Crippen LogP contribution in [0.25, 0.3) is 0 Å². The van der Waals surface area contributed by atoms with Crippen molar-refractivity contribution in [3.63, 3.8) is 0 Å².